The molecular formula is C62H118O14. The van der Waals surface area contributed by atoms with Crippen LogP contribution in [-0.2, 0) is 38.1 Å². The molecule has 450 valence electrons. The predicted octanol–water partition coefficient (Wildman–Crippen LogP) is 14.7. The molecule has 0 unspecified atom stereocenters. The first kappa shape index (κ1) is 73.6. The van der Waals surface area contributed by atoms with E-state index in [0.717, 1.165) is 116 Å². The maximum Gasteiger partial charge on any atom is 0.451 e. The van der Waals surface area contributed by atoms with E-state index in [1.54, 1.807) is 0 Å². The van der Waals surface area contributed by atoms with E-state index in [0.29, 0.717) is 25.7 Å². The van der Waals surface area contributed by atoms with Gasteiger partial charge >= 0.3 is 41.4 Å². The fraction of sp³-hybridized carbons (Fsp3) is 0.935. The smallest absolute Gasteiger partial charge is 0.422 e. The molecule has 0 aliphatic rings. The van der Waals surface area contributed by atoms with Crippen molar-refractivity contribution in [2.75, 3.05) is 6.61 Å². The first-order chi connectivity index (χ1) is 36.7. The molecule has 0 aliphatic heterocycles. The van der Waals surface area contributed by atoms with E-state index in [9.17, 15) is 49.8 Å². The van der Waals surface area contributed by atoms with Gasteiger partial charge < -0.3 is 49.6 Å². The van der Waals surface area contributed by atoms with Crippen molar-refractivity contribution in [3.8, 4) is 0 Å². The number of esters is 4. The summed E-state index contributed by atoms with van der Waals surface area (Å²) >= 11 is 0. The van der Waals surface area contributed by atoms with Gasteiger partial charge in [0.25, 0.3) is 0 Å². The summed E-state index contributed by atoms with van der Waals surface area (Å²) in [7, 11) is 0. The molecular weight excluding hydrogens is 969 g/mol. The lowest BCUT2D eigenvalue weighted by Crippen LogP contribution is -2.78. The van der Waals surface area contributed by atoms with Crippen LogP contribution in [0.15, 0.2) is 0 Å². The Morgan fingerprint density at radius 3 is 0.737 bits per heavy atom. The van der Waals surface area contributed by atoms with Gasteiger partial charge in [-0.05, 0) is 25.7 Å². The number of aliphatic hydroxyl groups is 6. The molecule has 0 saturated heterocycles. The van der Waals surface area contributed by atoms with Gasteiger partial charge in [-0.3, -0.25) is 19.2 Å². The molecule has 4 atom stereocenters. The van der Waals surface area contributed by atoms with Gasteiger partial charge in [-0.1, -0.05) is 285 Å². The van der Waals surface area contributed by atoms with Crippen LogP contribution in [0.3, 0.4) is 0 Å². The SMILES string of the molecule is CCCCCCCCCCCCCC(=O)OC(O)(OC(=O)CCCCCCCCCCCCC)[C@](O)(OC(=O)CCCCCCCCCCCCC)[C@](O)(OC(=O)CCCCCCCCCCCCC)[C@H](O)[C@@H](O)CO. The topological polar surface area (TPSA) is 227 Å². The number of hydrogen-bond acceptors (Lipinski definition) is 14. The largest absolute Gasteiger partial charge is 0.451 e. The first-order valence-corrected chi connectivity index (χ1v) is 31.7. The van der Waals surface area contributed by atoms with Gasteiger partial charge in [-0.15, -0.1) is 0 Å². The number of carbonyl (C=O) groups is 4. The lowest BCUT2D eigenvalue weighted by molar-refractivity contribution is -0.513. The molecule has 0 aromatic heterocycles. The Hall–Kier alpha value is -2.36. The molecule has 0 aromatic carbocycles. The molecule has 0 fully saturated rings. The van der Waals surface area contributed by atoms with E-state index in [-0.39, 0.29) is 44.9 Å². The Labute approximate surface area is 463 Å². The highest BCUT2D eigenvalue weighted by atomic mass is 16.9. The fourth-order valence-corrected chi connectivity index (χ4v) is 9.80. The number of aliphatic hydroxyl groups excluding tert-OH is 3. The zero-order chi connectivity index (χ0) is 56.4. The van der Waals surface area contributed by atoms with E-state index in [1.165, 1.54) is 116 Å². The molecule has 0 radical (unpaired) electrons. The molecule has 0 spiro atoms. The maximum absolute atomic E-state index is 13.9. The van der Waals surface area contributed by atoms with Crippen LogP contribution in [-0.4, -0.2) is 90.9 Å². The van der Waals surface area contributed by atoms with Crippen LogP contribution in [0.5, 0.6) is 0 Å². The van der Waals surface area contributed by atoms with Crippen molar-refractivity contribution in [3.05, 3.63) is 0 Å². The summed E-state index contributed by atoms with van der Waals surface area (Å²) in [5.41, 5.74) is 0. The average molecular weight is 1090 g/mol. The van der Waals surface area contributed by atoms with Gasteiger partial charge in [0.05, 0.1) is 6.61 Å². The molecule has 0 amide bonds. The zero-order valence-corrected chi connectivity index (χ0v) is 49.3. The van der Waals surface area contributed by atoms with Crippen molar-refractivity contribution in [2.45, 2.75) is 366 Å². The number of carbonyl (C=O) groups excluding carboxylic acids is 4. The summed E-state index contributed by atoms with van der Waals surface area (Å²) in [6.07, 6.45) is 36.1. The molecule has 14 nitrogen and oxygen atoms in total. The minimum Gasteiger partial charge on any atom is -0.422 e. The van der Waals surface area contributed by atoms with Crippen LogP contribution in [0.2, 0.25) is 0 Å². The molecule has 0 heterocycles. The van der Waals surface area contributed by atoms with Crippen LogP contribution in [0, 0.1) is 0 Å². The molecule has 14 heteroatoms. The third-order valence-electron chi connectivity index (χ3n) is 14.8. The molecule has 0 aromatic rings. The summed E-state index contributed by atoms with van der Waals surface area (Å²) in [4.78, 5) is 55.1. The molecule has 6 N–H and O–H groups in total. The third-order valence-corrected chi connectivity index (χ3v) is 14.8. The third kappa shape index (κ3) is 36.0. The van der Waals surface area contributed by atoms with Crippen molar-refractivity contribution in [1.29, 1.82) is 0 Å². The highest BCUT2D eigenvalue weighted by molar-refractivity contribution is 5.74. The fourth-order valence-electron chi connectivity index (χ4n) is 9.80. The molecule has 0 saturated carbocycles. The van der Waals surface area contributed by atoms with Crippen LogP contribution in [0.1, 0.15) is 336 Å². The summed E-state index contributed by atoms with van der Waals surface area (Å²) in [6, 6.07) is 0. The predicted molar refractivity (Wildman–Crippen MR) is 303 cm³/mol. The van der Waals surface area contributed by atoms with E-state index in [1.807, 2.05) is 0 Å². The lowest BCUT2D eigenvalue weighted by Gasteiger charge is -2.48. The number of rotatable bonds is 57. The second kappa shape index (κ2) is 49.7. The molecule has 0 bridgehead atoms. The quantitative estimate of drug-likeness (QED) is 0.0144. The monoisotopic (exact) mass is 1090 g/mol. The molecule has 76 heavy (non-hydrogen) atoms. The van der Waals surface area contributed by atoms with Crippen molar-refractivity contribution in [3.63, 3.8) is 0 Å². The van der Waals surface area contributed by atoms with Gasteiger partial charge in [0.15, 0.2) is 6.10 Å². The minimum absolute atomic E-state index is 0.222. The van der Waals surface area contributed by atoms with Crippen molar-refractivity contribution >= 4 is 23.9 Å². The van der Waals surface area contributed by atoms with Crippen LogP contribution in [0.4, 0.5) is 0 Å². The van der Waals surface area contributed by atoms with Crippen molar-refractivity contribution in [1.82, 2.24) is 0 Å². The van der Waals surface area contributed by atoms with Gasteiger partial charge in [-0.25, -0.2) is 0 Å². The second-order valence-corrected chi connectivity index (χ2v) is 22.2. The zero-order valence-electron chi connectivity index (χ0n) is 49.3. The highest BCUT2D eigenvalue weighted by Crippen LogP contribution is 2.42. The summed E-state index contributed by atoms with van der Waals surface area (Å²) in [5, 5.41) is 70.0. The van der Waals surface area contributed by atoms with Gasteiger partial charge in [0.2, 0.25) is 0 Å². The normalized spacial score (nSPS) is 14.2. The number of hydrogen-bond donors (Lipinski definition) is 6. The standard InChI is InChI=1S/C62H118O14/c1-5-9-13-17-21-25-29-33-37-41-45-49-55(65)73-60(70,59(69)54(64)53-63)61(71,74-56(66)50-46-42-38-34-30-26-22-18-14-10-6-2)62(72,75-57(67)51-47-43-39-35-31-27-23-19-15-11-7-3)76-58(68)52-48-44-40-36-32-28-24-20-16-12-8-4/h54,59,63-64,69-72H,5-53H2,1-4H3/t54-,59+,60+,61+/m0/s1. The van der Waals surface area contributed by atoms with Crippen LogP contribution >= 0.6 is 0 Å². The Kier molecular flexibility index (Phi) is 48.1. The average Bonchev–Trinajstić information content (AvgIpc) is 3.40. The van der Waals surface area contributed by atoms with Gasteiger partial charge in [-0.2, -0.15) is 0 Å². The Morgan fingerprint density at radius 2 is 0.513 bits per heavy atom. The lowest BCUT2D eigenvalue weighted by atomic mass is 9.92. The molecule has 0 rings (SSSR count). The maximum atomic E-state index is 13.9. The molecule has 0 aliphatic carbocycles. The number of unbranched alkanes of at least 4 members (excludes halogenated alkanes) is 40. The van der Waals surface area contributed by atoms with Crippen molar-refractivity contribution < 1.29 is 68.8 Å². The van der Waals surface area contributed by atoms with Crippen molar-refractivity contribution in [2.24, 2.45) is 0 Å². The Morgan fingerprint density at radius 1 is 0.316 bits per heavy atom. The van der Waals surface area contributed by atoms with Gasteiger partial charge in [0.1, 0.15) is 6.10 Å². The van der Waals surface area contributed by atoms with Gasteiger partial charge in [0, 0.05) is 25.7 Å². The van der Waals surface area contributed by atoms with E-state index in [4.69, 9.17) is 18.9 Å². The Bertz CT molecular complexity index is 1340. The number of ether oxygens (including phenoxy) is 4. The van der Waals surface area contributed by atoms with E-state index >= 15 is 0 Å². The van der Waals surface area contributed by atoms with Crippen LogP contribution in [0.25, 0.3) is 0 Å². The summed E-state index contributed by atoms with van der Waals surface area (Å²) < 4.78 is 21.6. The highest BCUT2D eigenvalue weighted by Gasteiger charge is 2.77. The van der Waals surface area contributed by atoms with E-state index in [2.05, 4.69) is 27.7 Å². The first-order valence-electron chi connectivity index (χ1n) is 31.7. The second-order valence-electron chi connectivity index (χ2n) is 22.2. The minimum atomic E-state index is -4.31. The Balaban J connectivity index is 6.60. The van der Waals surface area contributed by atoms with Crippen LogP contribution < -0.4 is 0 Å². The van der Waals surface area contributed by atoms with E-state index < -0.39 is 66.7 Å². The summed E-state index contributed by atoms with van der Waals surface area (Å²) in [5.74, 6) is -17.6. The summed E-state index contributed by atoms with van der Waals surface area (Å²) in [6.45, 7) is 7.46.